The van der Waals surface area contributed by atoms with Gasteiger partial charge < -0.3 is 10.1 Å². The van der Waals surface area contributed by atoms with Crippen LogP contribution in [0.25, 0.3) is 10.9 Å². The van der Waals surface area contributed by atoms with Gasteiger partial charge in [0.05, 0.1) is 0 Å². The molecule has 2 aromatic carbocycles. The first-order valence-electron chi connectivity index (χ1n) is 12.8. The first-order chi connectivity index (χ1) is 16.8. The van der Waals surface area contributed by atoms with Crippen LogP contribution in [0, 0.1) is 0 Å². The number of carbonyl (C=O) groups is 1. The van der Waals surface area contributed by atoms with Crippen molar-refractivity contribution < 1.29 is 9.53 Å². The molecule has 0 saturated heterocycles. The van der Waals surface area contributed by atoms with Crippen molar-refractivity contribution in [2.45, 2.75) is 64.0 Å². The van der Waals surface area contributed by atoms with Crippen LogP contribution in [0.3, 0.4) is 0 Å². The fraction of sp³-hybridized carbons (Fsp3) is 0.448. The number of aromatic nitrogens is 1. The van der Waals surface area contributed by atoms with Gasteiger partial charge in [0.2, 0.25) is 5.91 Å². The van der Waals surface area contributed by atoms with E-state index in [9.17, 15) is 4.79 Å². The van der Waals surface area contributed by atoms with E-state index in [0.717, 1.165) is 62.0 Å². The smallest absolute Gasteiger partial charge is 0.220 e. The molecule has 0 atom stereocenters. The van der Waals surface area contributed by atoms with E-state index in [2.05, 4.69) is 57.7 Å². The van der Waals surface area contributed by atoms with E-state index in [1.807, 2.05) is 18.2 Å². The molecule has 0 spiro atoms. The standard InChI is InChI=1S/C29H37N3O2/c33-28(31-26-15-5-2-6-16-26)18-7-8-20-32(23-24-11-3-1-4-12-24)21-22-34-27-17-9-13-25-14-10-19-30-29(25)27/h1,3-4,9-14,17,19,26H,2,5-8,15-16,18,20-23H2,(H,31,33). The van der Waals surface area contributed by atoms with Crippen LogP contribution >= 0.6 is 0 Å². The number of carbonyl (C=O) groups excluding carboxylic acids is 1. The summed E-state index contributed by atoms with van der Waals surface area (Å²) >= 11 is 0. The van der Waals surface area contributed by atoms with Gasteiger partial charge in [-0.25, -0.2) is 0 Å². The number of nitrogens with one attached hydrogen (secondary N) is 1. The van der Waals surface area contributed by atoms with Gasteiger partial charge in [0.15, 0.2) is 0 Å². The molecular formula is C29H37N3O2. The van der Waals surface area contributed by atoms with Crippen molar-refractivity contribution in [3.63, 3.8) is 0 Å². The molecule has 5 nitrogen and oxygen atoms in total. The maximum Gasteiger partial charge on any atom is 0.220 e. The summed E-state index contributed by atoms with van der Waals surface area (Å²) in [6.07, 6.45) is 10.4. The molecule has 0 bridgehead atoms. The van der Waals surface area contributed by atoms with E-state index in [4.69, 9.17) is 4.74 Å². The minimum atomic E-state index is 0.216. The number of para-hydroxylation sites is 1. The second kappa shape index (κ2) is 13.1. The predicted octanol–water partition coefficient (Wildman–Crippen LogP) is 5.74. The molecule has 5 heteroatoms. The van der Waals surface area contributed by atoms with Gasteiger partial charge in [0.25, 0.3) is 0 Å². The van der Waals surface area contributed by atoms with Crippen molar-refractivity contribution >= 4 is 16.8 Å². The van der Waals surface area contributed by atoms with E-state index in [1.165, 1.54) is 24.8 Å². The Morgan fingerprint density at radius 3 is 2.62 bits per heavy atom. The predicted molar refractivity (Wildman–Crippen MR) is 138 cm³/mol. The van der Waals surface area contributed by atoms with Crippen LogP contribution in [-0.2, 0) is 11.3 Å². The zero-order valence-corrected chi connectivity index (χ0v) is 20.1. The molecule has 0 unspecified atom stereocenters. The molecule has 1 N–H and O–H groups in total. The summed E-state index contributed by atoms with van der Waals surface area (Å²) in [4.78, 5) is 19.2. The summed E-state index contributed by atoms with van der Waals surface area (Å²) in [6.45, 7) is 3.26. The number of unbranched alkanes of at least 4 members (excludes halogenated alkanes) is 1. The highest BCUT2D eigenvalue weighted by molar-refractivity contribution is 5.84. The van der Waals surface area contributed by atoms with Crippen molar-refractivity contribution in [2.75, 3.05) is 19.7 Å². The summed E-state index contributed by atoms with van der Waals surface area (Å²) < 4.78 is 6.15. The molecule has 1 aliphatic rings. The average Bonchev–Trinajstić information content (AvgIpc) is 2.88. The van der Waals surface area contributed by atoms with E-state index in [-0.39, 0.29) is 5.91 Å². The van der Waals surface area contributed by atoms with Crippen LogP contribution in [0.1, 0.15) is 56.9 Å². The first kappa shape index (κ1) is 24.2. The van der Waals surface area contributed by atoms with Gasteiger partial charge >= 0.3 is 0 Å². The van der Waals surface area contributed by atoms with Crippen molar-refractivity contribution in [2.24, 2.45) is 0 Å². The van der Waals surface area contributed by atoms with Crippen molar-refractivity contribution in [1.82, 2.24) is 15.2 Å². The second-order valence-electron chi connectivity index (χ2n) is 9.30. The topological polar surface area (TPSA) is 54.5 Å². The van der Waals surface area contributed by atoms with Crippen LogP contribution < -0.4 is 10.1 Å². The van der Waals surface area contributed by atoms with Crippen LogP contribution in [0.2, 0.25) is 0 Å². The third-order valence-electron chi connectivity index (χ3n) is 6.61. The molecular weight excluding hydrogens is 422 g/mol. The number of hydrogen-bond acceptors (Lipinski definition) is 4. The molecule has 180 valence electrons. The summed E-state index contributed by atoms with van der Waals surface area (Å²) in [5.74, 6) is 1.05. The van der Waals surface area contributed by atoms with Gasteiger partial charge in [0, 0.05) is 37.1 Å². The Bertz CT molecular complexity index is 1010. The maximum atomic E-state index is 12.3. The second-order valence-corrected chi connectivity index (χ2v) is 9.30. The lowest BCUT2D eigenvalue weighted by Crippen LogP contribution is -2.36. The van der Waals surface area contributed by atoms with Crippen molar-refractivity contribution in [3.05, 3.63) is 72.4 Å². The molecule has 1 heterocycles. The Kier molecular flexibility index (Phi) is 9.32. The average molecular weight is 460 g/mol. The Morgan fingerprint density at radius 1 is 0.941 bits per heavy atom. The van der Waals surface area contributed by atoms with Gasteiger partial charge in [-0.05, 0) is 49.9 Å². The third-order valence-corrected chi connectivity index (χ3v) is 6.61. The molecule has 3 aromatic rings. The molecule has 34 heavy (non-hydrogen) atoms. The van der Waals surface area contributed by atoms with E-state index < -0.39 is 0 Å². The summed E-state index contributed by atoms with van der Waals surface area (Å²) in [7, 11) is 0. The quantitative estimate of drug-likeness (QED) is 0.351. The third kappa shape index (κ3) is 7.56. The van der Waals surface area contributed by atoms with E-state index in [0.29, 0.717) is 19.1 Å². The van der Waals surface area contributed by atoms with Crippen LogP contribution in [-0.4, -0.2) is 41.5 Å². The van der Waals surface area contributed by atoms with Gasteiger partial charge in [0.1, 0.15) is 17.9 Å². The lowest BCUT2D eigenvalue weighted by molar-refractivity contribution is -0.122. The summed E-state index contributed by atoms with van der Waals surface area (Å²) in [5, 5.41) is 4.33. The molecule has 0 radical (unpaired) electrons. The van der Waals surface area contributed by atoms with Gasteiger partial charge in [-0.15, -0.1) is 0 Å². The Labute approximate surface area is 203 Å². The van der Waals surface area contributed by atoms with Crippen LogP contribution in [0.4, 0.5) is 0 Å². The SMILES string of the molecule is O=C(CCCCN(CCOc1cccc2cccnc12)Cc1ccccc1)NC1CCCCC1. The van der Waals surface area contributed by atoms with Crippen molar-refractivity contribution in [1.29, 1.82) is 0 Å². The lowest BCUT2D eigenvalue weighted by Gasteiger charge is -2.24. The number of rotatable bonds is 12. The molecule has 1 amide bonds. The molecule has 1 aliphatic carbocycles. The number of hydrogen-bond donors (Lipinski definition) is 1. The number of pyridine rings is 1. The zero-order chi connectivity index (χ0) is 23.4. The molecule has 0 aliphatic heterocycles. The van der Waals surface area contributed by atoms with E-state index in [1.54, 1.807) is 6.20 Å². The number of benzene rings is 2. The van der Waals surface area contributed by atoms with Crippen LogP contribution in [0.5, 0.6) is 5.75 Å². The van der Waals surface area contributed by atoms with Crippen LogP contribution in [0.15, 0.2) is 66.9 Å². The monoisotopic (exact) mass is 459 g/mol. The minimum absolute atomic E-state index is 0.216. The molecule has 1 aromatic heterocycles. The summed E-state index contributed by atoms with van der Waals surface area (Å²) in [6, 6.07) is 21.0. The summed E-state index contributed by atoms with van der Waals surface area (Å²) in [5.41, 5.74) is 2.20. The fourth-order valence-electron chi connectivity index (χ4n) is 4.76. The highest BCUT2D eigenvalue weighted by atomic mass is 16.5. The normalized spacial score (nSPS) is 14.4. The largest absolute Gasteiger partial charge is 0.490 e. The minimum Gasteiger partial charge on any atom is -0.490 e. The van der Waals surface area contributed by atoms with E-state index >= 15 is 0 Å². The molecule has 1 saturated carbocycles. The molecule has 1 fully saturated rings. The Morgan fingerprint density at radius 2 is 1.76 bits per heavy atom. The highest BCUT2D eigenvalue weighted by Crippen LogP contribution is 2.23. The Hall–Kier alpha value is -2.92. The highest BCUT2D eigenvalue weighted by Gasteiger charge is 2.15. The van der Waals surface area contributed by atoms with Gasteiger partial charge in [-0.1, -0.05) is 67.8 Å². The van der Waals surface area contributed by atoms with Gasteiger partial charge in [-0.3, -0.25) is 14.7 Å². The Balaban J connectivity index is 1.25. The molecule has 4 rings (SSSR count). The zero-order valence-electron chi connectivity index (χ0n) is 20.1. The number of ether oxygens (including phenoxy) is 1. The van der Waals surface area contributed by atoms with Crippen molar-refractivity contribution in [3.8, 4) is 5.75 Å². The maximum absolute atomic E-state index is 12.3. The number of amides is 1. The number of fused-ring (bicyclic) bond motifs is 1. The lowest BCUT2D eigenvalue weighted by atomic mass is 9.95. The fourth-order valence-corrected chi connectivity index (χ4v) is 4.76. The number of nitrogens with zero attached hydrogens (tertiary/aromatic N) is 2. The van der Waals surface area contributed by atoms with Gasteiger partial charge in [-0.2, -0.15) is 0 Å². The first-order valence-corrected chi connectivity index (χ1v) is 12.8.